The van der Waals surface area contributed by atoms with Gasteiger partial charge in [0.25, 0.3) is 5.91 Å². The summed E-state index contributed by atoms with van der Waals surface area (Å²) < 4.78 is 32.7. The zero-order valence-electron chi connectivity index (χ0n) is 32.4. The molecule has 1 aromatic carbocycles. The topological polar surface area (TPSA) is 113 Å². The van der Waals surface area contributed by atoms with Crippen LogP contribution in [-0.4, -0.2) is 106 Å². The summed E-state index contributed by atoms with van der Waals surface area (Å²) in [5, 5.41) is 0. The lowest BCUT2D eigenvalue weighted by atomic mass is 10.0. The Hall–Kier alpha value is -4.52. The molecule has 1 fully saturated rings. The molecule has 288 valence electrons. The van der Waals surface area contributed by atoms with Crippen molar-refractivity contribution in [2.45, 2.75) is 104 Å². The van der Waals surface area contributed by atoms with Crippen molar-refractivity contribution in [1.82, 2.24) is 29.7 Å². The third kappa shape index (κ3) is 10.8. The number of rotatable bonds is 14. The fourth-order valence-electron chi connectivity index (χ4n) is 6.82. The number of pyridine rings is 1. The number of anilines is 1. The van der Waals surface area contributed by atoms with E-state index in [0.717, 1.165) is 69.6 Å². The van der Waals surface area contributed by atoms with Crippen LogP contribution in [0.15, 0.2) is 43.0 Å². The number of aromatic nitrogens is 3. The normalized spacial score (nSPS) is 15.2. The van der Waals surface area contributed by atoms with Crippen molar-refractivity contribution in [2.75, 3.05) is 51.2 Å². The van der Waals surface area contributed by atoms with Gasteiger partial charge in [-0.2, -0.15) is 0 Å². The van der Waals surface area contributed by atoms with Crippen LogP contribution >= 0.6 is 0 Å². The summed E-state index contributed by atoms with van der Waals surface area (Å²) in [6.45, 7) is 16.7. The number of ether oxygens (including phenoxy) is 3. The first kappa shape index (κ1) is 39.7. The van der Waals surface area contributed by atoms with Crippen LogP contribution in [0, 0.1) is 5.82 Å². The van der Waals surface area contributed by atoms with Crippen LogP contribution in [0.3, 0.4) is 0 Å². The molecule has 0 spiro atoms. The maximum atomic E-state index is 14.4. The number of hydrogen-bond donors (Lipinski definition) is 0. The molecular weight excluding hydrogens is 677 g/mol. The Morgan fingerprint density at radius 3 is 2.51 bits per heavy atom. The van der Waals surface area contributed by atoms with Crippen LogP contribution < -0.4 is 14.4 Å². The van der Waals surface area contributed by atoms with E-state index in [9.17, 15) is 14.0 Å². The molecule has 13 heteroatoms. The Labute approximate surface area is 313 Å². The molecule has 4 heterocycles. The summed E-state index contributed by atoms with van der Waals surface area (Å²) in [7, 11) is 1.79. The van der Waals surface area contributed by atoms with Gasteiger partial charge in [0.2, 0.25) is 0 Å². The summed E-state index contributed by atoms with van der Waals surface area (Å²) in [5.74, 6) is 1.37. The van der Waals surface area contributed by atoms with E-state index in [4.69, 9.17) is 14.2 Å². The van der Waals surface area contributed by atoms with E-state index in [2.05, 4.69) is 24.8 Å². The highest BCUT2D eigenvalue weighted by molar-refractivity contribution is 5.97. The van der Waals surface area contributed by atoms with Crippen LogP contribution in [0.5, 0.6) is 17.2 Å². The van der Waals surface area contributed by atoms with Gasteiger partial charge in [0, 0.05) is 89.1 Å². The summed E-state index contributed by atoms with van der Waals surface area (Å²) in [5.41, 5.74) is 1.94. The zero-order valence-corrected chi connectivity index (χ0v) is 32.4. The first-order valence-corrected chi connectivity index (χ1v) is 19.0. The van der Waals surface area contributed by atoms with Crippen molar-refractivity contribution in [2.24, 2.45) is 0 Å². The molecule has 2 aromatic heterocycles. The number of fused-ring (bicyclic) bond motifs is 1. The number of carbonyl (C=O) groups is 2. The van der Waals surface area contributed by atoms with Gasteiger partial charge in [0.15, 0.2) is 11.6 Å². The molecule has 53 heavy (non-hydrogen) atoms. The fraction of sp³-hybridized carbons (Fsp3) is 0.575. The third-order valence-electron chi connectivity index (χ3n) is 9.63. The zero-order chi connectivity index (χ0) is 38.1. The Bertz CT molecular complexity index is 1690. The van der Waals surface area contributed by atoms with E-state index in [1.54, 1.807) is 23.0 Å². The highest BCUT2D eigenvalue weighted by Gasteiger charge is 2.28. The van der Waals surface area contributed by atoms with Gasteiger partial charge in [-0.15, -0.1) is 0 Å². The lowest BCUT2D eigenvalue weighted by molar-refractivity contribution is 0.0295. The summed E-state index contributed by atoms with van der Waals surface area (Å²) in [6, 6.07) is 5.93. The van der Waals surface area contributed by atoms with E-state index >= 15 is 0 Å². The standard InChI is InChI=1S/C40H56FN7O5/c1-8-48(28(2)3)38(49)31-24-29(41)12-13-34(31)52-36-25-42-27-44-37(36)47-22-15-30(16-23-47)51-35-14-18-43-33-17-21-46(26-32(33)35)20-11-9-10-19-45(7)39(50)53-40(4,5)6/h12-14,18,24-25,27-28,30H,8-11,15-17,19-23,26H2,1-7H3. The summed E-state index contributed by atoms with van der Waals surface area (Å²) in [6.07, 6.45) is 10.1. The van der Waals surface area contributed by atoms with E-state index in [0.29, 0.717) is 37.7 Å². The van der Waals surface area contributed by atoms with Crippen molar-refractivity contribution in [3.63, 3.8) is 0 Å². The number of piperidine rings is 1. The van der Waals surface area contributed by atoms with Crippen LogP contribution in [0.1, 0.15) is 95.3 Å². The molecule has 2 aliphatic rings. The molecule has 0 aliphatic carbocycles. The number of nitrogens with zero attached hydrogens (tertiary/aromatic N) is 7. The smallest absolute Gasteiger partial charge is 0.410 e. The van der Waals surface area contributed by atoms with Crippen molar-refractivity contribution in [1.29, 1.82) is 0 Å². The molecule has 0 unspecified atom stereocenters. The van der Waals surface area contributed by atoms with Gasteiger partial charge in [0.1, 0.15) is 35.3 Å². The van der Waals surface area contributed by atoms with Crippen LogP contribution in [-0.2, 0) is 17.7 Å². The lowest BCUT2D eigenvalue weighted by Gasteiger charge is -2.35. The third-order valence-corrected chi connectivity index (χ3v) is 9.63. The molecule has 0 radical (unpaired) electrons. The van der Waals surface area contributed by atoms with E-state index in [1.165, 1.54) is 30.1 Å². The van der Waals surface area contributed by atoms with Crippen LogP contribution in [0.2, 0.25) is 0 Å². The average molecular weight is 734 g/mol. The Morgan fingerprint density at radius 1 is 1.02 bits per heavy atom. The monoisotopic (exact) mass is 733 g/mol. The summed E-state index contributed by atoms with van der Waals surface area (Å²) >= 11 is 0. The summed E-state index contributed by atoms with van der Waals surface area (Å²) in [4.78, 5) is 47.0. The van der Waals surface area contributed by atoms with Gasteiger partial charge in [-0.05, 0) is 85.2 Å². The van der Waals surface area contributed by atoms with Crippen molar-refractivity contribution >= 4 is 17.8 Å². The van der Waals surface area contributed by atoms with E-state index in [-0.39, 0.29) is 35.5 Å². The number of hydrogen-bond acceptors (Lipinski definition) is 10. The van der Waals surface area contributed by atoms with Gasteiger partial charge >= 0.3 is 6.09 Å². The van der Waals surface area contributed by atoms with Crippen molar-refractivity contribution in [3.05, 3.63) is 65.6 Å². The molecule has 2 amide bonds. The van der Waals surface area contributed by atoms with Gasteiger partial charge in [-0.1, -0.05) is 6.42 Å². The highest BCUT2D eigenvalue weighted by atomic mass is 19.1. The maximum absolute atomic E-state index is 14.4. The minimum atomic E-state index is -0.507. The molecule has 0 saturated carbocycles. The van der Waals surface area contributed by atoms with Crippen molar-refractivity contribution in [3.8, 4) is 17.2 Å². The predicted molar refractivity (Wildman–Crippen MR) is 202 cm³/mol. The molecule has 3 aromatic rings. The number of unbranched alkanes of at least 4 members (excludes halogenated alkanes) is 2. The van der Waals surface area contributed by atoms with E-state index < -0.39 is 11.4 Å². The largest absolute Gasteiger partial charge is 0.490 e. The first-order valence-electron chi connectivity index (χ1n) is 19.0. The SMILES string of the molecule is CCN(C(=O)c1cc(F)ccc1Oc1cncnc1N1CCC(Oc2ccnc3c2CN(CCCCCN(C)C(=O)OC(C)(C)C)CC3)CC1)C(C)C. The minimum Gasteiger partial charge on any atom is -0.490 e. The molecule has 12 nitrogen and oxygen atoms in total. The molecular formula is C40H56FN7O5. The number of halogens is 1. The van der Waals surface area contributed by atoms with E-state index in [1.807, 2.05) is 53.8 Å². The second-order valence-electron chi connectivity index (χ2n) is 15.2. The molecule has 0 atom stereocenters. The lowest BCUT2D eigenvalue weighted by Crippen LogP contribution is -2.39. The van der Waals surface area contributed by atoms with Gasteiger partial charge in [-0.3, -0.25) is 14.7 Å². The average Bonchev–Trinajstić information content (AvgIpc) is 3.12. The van der Waals surface area contributed by atoms with Crippen LogP contribution in [0.25, 0.3) is 0 Å². The highest BCUT2D eigenvalue weighted by Crippen LogP contribution is 2.35. The Balaban J connectivity index is 1.15. The predicted octanol–water partition coefficient (Wildman–Crippen LogP) is 7.12. The molecule has 2 aliphatic heterocycles. The fourth-order valence-corrected chi connectivity index (χ4v) is 6.82. The maximum Gasteiger partial charge on any atom is 0.410 e. The minimum absolute atomic E-state index is 0.0266. The van der Waals surface area contributed by atoms with Gasteiger partial charge < -0.3 is 28.9 Å². The first-order chi connectivity index (χ1) is 25.3. The molecule has 0 N–H and O–H groups in total. The molecule has 1 saturated heterocycles. The Morgan fingerprint density at radius 2 is 1.79 bits per heavy atom. The molecule has 5 rings (SSSR count). The quantitative estimate of drug-likeness (QED) is 0.159. The van der Waals surface area contributed by atoms with Crippen LogP contribution in [0.4, 0.5) is 15.0 Å². The second-order valence-corrected chi connectivity index (χ2v) is 15.2. The number of benzene rings is 1. The molecule has 0 bridgehead atoms. The van der Waals surface area contributed by atoms with Gasteiger partial charge in [-0.25, -0.2) is 19.2 Å². The Kier molecular flexibility index (Phi) is 13.5. The number of amides is 2. The van der Waals surface area contributed by atoms with Gasteiger partial charge in [0.05, 0.1) is 11.8 Å². The van der Waals surface area contributed by atoms with Crippen molar-refractivity contribution < 1.29 is 28.2 Å². The second kappa shape index (κ2) is 18.0. The number of carbonyl (C=O) groups excluding carboxylic acids is 2.